The van der Waals surface area contributed by atoms with Gasteiger partial charge in [0.1, 0.15) is 24.6 Å². The topological polar surface area (TPSA) is 163 Å². The van der Waals surface area contributed by atoms with Crippen molar-refractivity contribution in [3.63, 3.8) is 0 Å². The number of ether oxygens (including phenoxy) is 1. The maximum atomic E-state index is 12.7. The first-order valence-electron chi connectivity index (χ1n) is 10.1. The first-order valence-corrected chi connectivity index (χ1v) is 10.1. The van der Waals surface area contributed by atoms with E-state index in [-0.39, 0.29) is 44.0 Å². The second kappa shape index (κ2) is 7.73. The maximum Gasteiger partial charge on any atom is 0.248 e. The molecular formula is C20H23N9O3. The van der Waals surface area contributed by atoms with Crippen molar-refractivity contribution >= 4 is 39.9 Å². The molecule has 0 radical (unpaired) electrons. The summed E-state index contributed by atoms with van der Waals surface area (Å²) in [6.07, 6.45) is 0.729. The van der Waals surface area contributed by atoms with Crippen LogP contribution in [0.1, 0.15) is 11.9 Å². The zero-order valence-electron chi connectivity index (χ0n) is 17.4. The van der Waals surface area contributed by atoms with Crippen LogP contribution in [0.15, 0.2) is 30.6 Å². The molecule has 12 heteroatoms. The lowest BCUT2D eigenvalue weighted by atomic mass is 10.2. The molecule has 1 aliphatic heterocycles. The summed E-state index contributed by atoms with van der Waals surface area (Å²) in [6.45, 7) is 0.549. The number of para-hydroxylation sites is 2. The second-order valence-electron chi connectivity index (χ2n) is 7.79. The number of aryl methyl sites for hydroxylation is 1. The van der Waals surface area contributed by atoms with Gasteiger partial charge >= 0.3 is 0 Å². The lowest BCUT2D eigenvalue weighted by Gasteiger charge is -2.17. The van der Waals surface area contributed by atoms with Gasteiger partial charge in [0.25, 0.3) is 0 Å². The highest BCUT2D eigenvalue weighted by atomic mass is 16.5. The van der Waals surface area contributed by atoms with E-state index in [0.29, 0.717) is 11.2 Å². The highest BCUT2D eigenvalue weighted by Crippen LogP contribution is 2.27. The van der Waals surface area contributed by atoms with Gasteiger partial charge in [-0.1, -0.05) is 12.1 Å². The number of β-amino-alcohol motifs (C(OH)–C–C–N with tert-alkyl or cyclic N) is 1. The largest absolute Gasteiger partial charge is 0.389 e. The number of hydrogen-bond acceptors (Lipinski definition) is 9. The Hall–Kier alpha value is -3.77. The van der Waals surface area contributed by atoms with Crippen molar-refractivity contribution in [3.05, 3.63) is 36.4 Å². The van der Waals surface area contributed by atoms with Crippen LogP contribution in [-0.4, -0.2) is 70.8 Å². The smallest absolute Gasteiger partial charge is 0.248 e. The summed E-state index contributed by atoms with van der Waals surface area (Å²) in [6, 6.07) is 7.36. The van der Waals surface area contributed by atoms with E-state index >= 15 is 0 Å². The number of carbonyl (C=O) groups excluding carboxylic acids is 1. The highest BCUT2D eigenvalue weighted by Gasteiger charge is 2.36. The SMILES string of the molecule is Cn1c(COCC(=O)N2C[C@H](O)[C@@H](n3cnc4c(N)nc(N)nc43)C2)nc2ccccc21. The molecule has 0 saturated carbocycles. The number of nitrogen functional groups attached to an aromatic ring is 2. The molecule has 1 amide bonds. The van der Waals surface area contributed by atoms with Crippen LogP contribution in [0.3, 0.4) is 0 Å². The normalized spacial score (nSPS) is 18.8. The lowest BCUT2D eigenvalue weighted by Crippen LogP contribution is -2.33. The third-order valence-electron chi connectivity index (χ3n) is 5.77. The summed E-state index contributed by atoms with van der Waals surface area (Å²) in [7, 11) is 1.91. The summed E-state index contributed by atoms with van der Waals surface area (Å²) in [5, 5.41) is 10.6. The number of imidazole rings is 2. The monoisotopic (exact) mass is 437 g/mol. The van der Waals surface area contributed by atoms with Gasteiger partial charge in [0.15, 0.2) is 11.5 Å². The van der Waals surface area contributed by atoms with E-state index in [0.717, 1.165) is 16.9 Å². The predicted molar refractivity (Wildman–Crippen MR) is 116 cm³/mol. The Morgan fingerprint density at radius 1 is 1.22 bits per heavy atom. The first kappa shape index (κ1) is 20.2. The highest BCUT2D eigenvalue weighted by molar-refractivity contribution is 5.83. The molecule has 0 spiro atoms. The predicted octanol–water partition coefficient (Wildman–Crippen LogP) is -0.162. The number of carbonyl (C=O) groups is 1. The van der Waals surface area contributed by atoms with Crippen LogP contribution in [0.25, 0.3) is 22.2 Å². The van der Waals surface area contributed by atoms with Crippen LogP contribution in [0.4, 0.5) is 11.8 Å². The number of amides is 1. The quantitative estimate of drug-likeness (QED) is 0.385. The fourth-order valence-electron chi connectivity index (χ4n) is 4.09. The number of aliphatic hydroxyl groups excluding tert-OH is 1. The van der Waals surface area contributed by atoms with Gasteiger partial charge in [-0.05, 0) is 12.1 Å². The average Bonchev–Trinajstić information content (AvgIpc) is 3.44. The molecule has 12 nitrogen and oxygen atoms in total. The van der Waals surface area contributed by atoms with Gasteiger partial charge in [-0.3, -0.25) is 4.79 Å². The molecule has 1 saturated heterocycles. The average molecular weight is 437 g/mol. The van der Waals surface area contributed by atoms with E-state index < -0.39 is 12.1 Å². The van der Waals surface area contributed by atoms with E-state index in [1.165, 1.54) is 6.33 Å². The molecule has 2 atom stereocenters. The molecular weight excluding hydrogens is 414 g/mol. The minimum Gasteiger partial charge on any atom is -0.389 e. The van der Waals surface area contributed by atoms with Crippen molar-refractivity contribution in [1.82, 2.24) is 34.0 Å². The Morgan fingerprint density at radius 3 is 2.84 bits per heavy atom. The van der Waals surface area contributed by atoms with Gasteiger partial charge in [-0.25, -0.2) is 9.97 Å². The summed E-state index contributed by atoms with van der Waals surface area (Å²) in [5.74, 6) is 0.705. The van der Waals surface area contributed by atoms with Crippen LogP contribution in [0.5, 0.6) is 0 Å². The molecule has 1 aromatic carbocycles. The maximum absolute atomic E-state index is 12.7. The number of fused-ring (bicyclic) bond motifs is 2. The van der Waals surface area contributed by atoms with E-state index in [9.17, 15) is 9.90 Å². The fourth-order valence-corrected chi connectivity index (χ4v) is 4.09. The molecule has 1 fully saturated rings. The Balaban J connectivity index is 1.24. The third kappa shape index (κ3) is 3.39. The van der Waals surface area contributed by atoms with Gasteiger partial charge < -0.3 is 35.3 Å². The number of rotatable bonds is 5. The number of nitrogens with two attached hydrogens (primary N) is 2. The number of hydrogen-bond donors (Lipinski definition) is 3. The molecule has 32 heavy (non-hydrogen) atoms. The molecule has 166 valence electrons. The van der Waals surface area contributed by atoms with Crippen molar-refractivity contribution < 1.29 is 14.6 Å². The summed E-state index contributed by atoms with van der Waals surface area (Å²) in [4.78, 5) is 31.1. The van der Waals surface area contributed by atoms with Gasteiger partial charge in [-0.2, -0.15) is 9.97 Å². The van der Waals surface area contributed by atoms with Gasteiger partial charge in [0.2, 0.25) is 11.9 Å². The second-order valence-corrected chi connectivity index (χ2v) is 7.79. The summed E-state index contributed by atoms with van der Waals surface area (Å²) < 4.78 is 9.26. The van der Waals surface area contributed by atoms with Crippen molar-refractivity contribution in [1.29, 1.82) is 0 Å². The summed E-state index contributed by atoms with van der Waals surface area (Å²) in [5.41, 5.74) is 14.3. The fraction of sp³-hybridized carbons (Fsp3) is 0.350. The van der Waals surface area contributed by atoms with Crippen LogP contribution in [-0.2, 0) is 23.2 Å². The summed E-state index contributed by atoms with van der Waals surface area (Å²) >= 11 is 0. The number of nitrogens with zero attached hydrogens (tertiary/aromatic N) is 7. The molecule has 1 aliphatic rings. The van der Waals surface area contributed by atoms with Gasteiger partial charge in [0.05, 0.1) is 29.5 Å². The molecule has 4 aromatic rings. The number of benzene rings is 1. The number of anilines is 2. The third-order valence-corrected chi connectivity index (χ3v) is 5.77. The minimum atomic E-state index is -0.798. The Morgan fingerprint density at radius 2 is 2.03 bits per heavy atom. The minimum absolute atomic E-state index is 0.0208. The van der Waals surface area contributed by atoms with Crippen LogP contribution in [0, 0.1) is 0 Å². The van der Waals surface area contributed by atoms with Gasteiger partial charge in [0, 0.05) is 20.1 Å². The molecule has 0 bridgehead atoms. The van der Waals surface area contributed by atoms with E-state index in [4.69, 9.17) is 16.2 Å². The zero-order chi connectivity index (χ0) is 22.4. The van der Waals surface area contributed by atoms with Crippen LogP contribution < -0.4 is 11.5 Å². The molecule has 0 unspecified atom stereocenters. The van der Waals surface area contributed by atoms with E-state index in [1.54, 1.807) is 9.47 Å². The number of aliphatic hydroxyl groups is 1. The molecule has 5 rings (SSSR count). The van der Waals surface area contributed by atoms with Crippen LogP contribution in [0.2, 0.25) is 0 Å². The number of aromatic nitrogens is 6. The molecule has 5 N–H and O–H groups in total. The lowest BCUT2D eigenvalue weighted by molar-refractivity contribution is -0.136. The first-order chi connectivity index (χ1) is 15.4. The van der Waals surface area contributed by atoms with Gasteiger partial charge in [-0.15, -0.1) is 0 Å². The Bertz CT molecular complexity index is 1310. The zero-order valence-corrected chi connectivity index (χ0v) is 17.4. The number of likely N-dealkylation sites (tertiary alicyclic amines) is 1. The van der Waals surface area contributed by atoms with E-state index in [2.05, 4.69) is 19.9 Å². The molecule has 0 aliphatic carbocycles. The van der Waals surface area contributed by atoms with E-state index in [1.807, 2.05) is 35.9 Å². The van der Waals surface area contributed by atoms with Crippen molar-refractivity contribution in [2.24, 2.45) is 7.05 Å². The molecule has 3 aromatic heterocycles. The Labute approximate surface area is 182 Å². The van der Waals surface area contributed by atoms with Crippen molar-refractivity contribution in [3.8, 4) is 0 Å². The Kier molecular flexibility index (Phi) is 4.87. The van der Waals surface area contributed by atoms with Crippen molar-refractivity contribution in [2.75, 3.05) is 31.2 Å². The van der Waals surface area contributed by atoms with Crippen LogP contribution >= 0.6 is 0 Å². The van der Waals surface area contributed by atoms with Crippen molar-refractivity contribution in [2.45, 2.75) is 18.8 Å². The standard InChI is InChI=1S/C20H23N9O3/c1-27-12-5-3-2-4-11(12)24-15(27)8-32-9-16(31)28-6-13(14(30)7-28)29-10-23-17-18(21)25-20(22)26-19(17)29/h2-5,10,13-14,30H,6-9H2,1H3,(H4,21,22,25,26)/t13-,14-/m0/s1. The molecule has 4 heterocycles.